The first-order chi connectivity index (χ1) is 11.5. The Morgan fingerprint density at radius 1 is 1.08 bits per heavy atom. The van der Waals surface area contributed by atoms with E-state index in [0.29, 0.717) is 6.42 Å². The average molecular weight is 360 g/mol. The summed E-state index contributed by atoms with van der Waals surface area (Å²) in [5.41, 5.74) is 3.42. The number of aliphatic carboxylic acids is 1. The van der Waals surface area contributed by atoms with Gasteiger partial charge in [-0.15, -0.1) is 0 Å². The second-order valence-corrected chi connectivity index (χ2v) is 7.52. The van der Waals surface area contributed by atoms with Gasteiger partial charge >= 0.3 is 5.97 Å². The van der Waals surface area contributed by atoms with E-state index in [1.807, 2.05) is 37.2 Å². The molecule has 0 heterocycles. The summed E-state index contributed by atoms with van der Waals surface area (Å²) in [6.07, 6.45) is 0.687. The fourth-order valence-electron chi connectivity index (χ4n) is 2.30. The Labute approximate surface area is 152 Å². The van der Waals surface area contributed by atoms with Crippen molar-refractivity contribution in [2.75, 3.05) is 14.1 Å². The van der Waals surface area contributed by atoms with Gasteiger partial charge in [0.1, 0.15) is 4.32 Å². The van der Waals surface area contributed by atoms with E-state index in [1.165, 1.54) is 5.56 Å². The second-order valence-electron chi connectivity index (χ2n) is 5.69. The molecule has 0 aliphatic rings. The molecule has 24 heavy (non-hydrogen) atoms. The number of rotatable bonds is 6. The molecule has 2 rings (SSSR count). The largest absolute Gasteiger partial charge is 0.481 e. The molecular weight excluding hydrogens is 338 g/mol. The van der Waals surface area contributed by atoms with Crippen LogP contribution in [0.5, 0.6) is 0 Å². The van der Waals surface area contributed by atoms with Crippen LogP contribution in [0.25, 0.3) is 11.1 Å². The number of nitrogens with zero attached hydrogens (tertiary/aromatic N) is 1. The lowest BCUT2D eigenvalue weighted by atomic mass is 10.0. The van der Waals surface area contributed by atoms with E-state index in [2.05, 4.69) is 36.4 Å². The highest BCUT2D eigenvalue weighted by Gasteiger charge is 2.17. The summed E-state index contributed by atoms with van der Waals surface area (Å²) in [7, 11) is 3.81. The topological polar surface area (TPSA) is 40.5 Å². The highest BCUT2D eigenvalue weighted by molar-refractivity contribution is 8.23. The van der Waals surface area contributed by atoms with Crippen molar-refractivity contribution in [1.82, 2.24) is 4.90 Å². The van der Waals surface area contributed by atoms with Crippen LogP contribution in [0.2, 0.25) is 0 Å². The van der Waals surface area contributed by atoms with Crippen LogP contribution in [-0.4, -0.2) is 34.4 Å². The number of hydrogen-bond acceptors (Lipinski definition) is 3. The van der Waals surface area contributed by atoms with Gasteiger partial charge < -0.3 is 10.0 Å². The molecule has 1 unspecified atom stereocenters. The number of benzene rings is 2. The Bertz CT molecular complexity index is 684. The highest BCUT2D eigenvalue weighted by Crippen LogP contribution is 2.35. The molecule has 0 saturated heterocycles. The Morgan fingerprint density at radius 2 is 1.67 bits per heavy atom. The summed E-state index contributed by atoms with van der Waals surface area (Å²) < 4.78 is 0.762. The van der Waals surface area contributed by atoms with Gasteiger partial charge in [-0.3, -0.25) is 4.79 Å². The van der Waals surface area contributed by atoms with E-state index < -0.39 is 5.97 Å². The quantitative estimate of drug-likeness (QED) is 0.748. The van der Waals surface area contributed by atoms with Crippen molar-refractivity contribution < 1.29 is 9.90 Å². The third kappa shape index (κ3) is 5.35. The van der Waals surface area contributed by atoms with Crippen molar-refractivity contribution in [2.24, 2.45) is 0 Å². The zero-order valence-corrected chi connectivity index (χ0v) is 15.4. The van der Waals surface area contributed by atoms with Gasteiger partial charge in [0.05, 0.1) is 0 Å². The van der Waals surface area contributed by atoms with E-state index in [4.69, 9.17) is 17.3 Å². The first-order valence-corrected chi connectivity index (χ1v) is 9.01. The SMILES string of the molecule is CN(C)C(=S)SC(CCC(=O)O)c1ccc(-c2ccccc2)cc1. The molecule has 0 fully saturated rings. The van der Waals surface area contributed by atoms with Crippen molar-refractivity contribution in [3.8, 4) is 11.1 Å². The van der Waals surface area contributed by atoms with E-state index in [9.17, 15) is 4.79 Å². The zero-order chi connectivity index (χ0) is 17.5. The monoisotopic (exact) mass is 359 g/mol. The highest BCUT2D eigenvalue weighted by atomic mass is 32.2. The predicted octanol–water partition coefficient (Wildman–Crippen LogP) is 4.84. The maximum Gasteiger partial charge on any atom is 0.303 e. The van der Waals surface area contributed by atoms with Crippen LogP contribution >= 0.6 is 24.0 Å². The van der Waals surface area contributed by atoms with E-state index in [1.54, 1.807) is 11.8 Å². The molecule has 0 aliphatic heterocycles. The van der Waals surface area contributed by atoms with Gasteiger partial charge in [0.15, 0.2) is 0 Å². The summed E-state index contributed by atoms with van der Waals surface area (Å²) >= 11 is 6.92. The molecule has 0 bridgehead atoms. The summed E-state index contributed by atoms with van der Waals surface area (Å²) in [5.74, 6) is -0.780. The number of hydrogen-bond donors (Lipinski definition) is 1. The summed E-state index contributed by atoms with van der Waals surface area (Å²) in [4.78, 5) is 12.8. The minimum absolute atomic E-state index is 0.0424. The van der Waals surface area contributed by atoms with Crippen molar-refractivity contribution in [2.45, 2.75) is 18.1 Å². The van der Waals surface area contributed by atoms with Crippen LogP contribution in [0.1, 0.15) is 23.7 Å². The molecule has 0 spiro atoms. The van der Waals surface area contributed by atoms with Crippen LogP contribution in [0, 0.1) is 0 Å². The smallest absolute Gasteiger partial charge is 0.303 e. The van der Waals surface area contributed by atoms with E-state index in [-0.39, 0.29) is 11.7 Å². The van der Waals surface area contributed by atoms with Crippen LogP contribution in [-0.2, 0) is 4.79 Å². The minimum Gasteiger partial charge on any atom is -0.481 e. The Balaban J connectivity index is 2.18. The lowest BCUT2D eigenvalue weighted by molar-refractivity contribution is -0.137. The zero-order valence-electron chi connectivity index (χ0n) is 13.8. The van der Waals surface area contributed by atoms with Gasteiger partial charge in [0.25, 0.3) is 0 Å². The third-order valence-corrected chi connectivity index (χ3v) is 5.63. The molecule has 1 atom stereocenters. The molecule has 0 aromatic heterocycles. The second kappa shape index (κ2) is 8.85. The number of carboxylic acid groups (broad SMARTS) is 1. The van der Waals surface area contributed by atoms with Crippen LogP contribution in [0.4, 0.5) is 0 Å². The molecular formula is C19H21NO2S2. The number of carboxylic acids is 1. The van der Waals surface area contributed by atoms with Gasteiger partial charge in [-0.2, -0.15) is 0 Å². The summed E-state index contributed by atoms with van der Waals surface area (Å²) in [5, 5.41) is 9.04. The fourth-order valence-corrected chi connectivity index (χ4v) is 3.63. The number of thiocarbonyl (C=S) groups is 1. The van der Waals surface area contributed by atoms with Gasteiger partial charge in [0.2, 0.25) is 0 Å². The number of thioether (sulfide) groups is 1. The standard InChI is InChI=1S/C19H21NO2S2/c1-20(2)19(23)24-17(12-13-18(21)22)16-10-8-15(9-11-16)14-6-4-3-5-7-14/h3-11,17H,12-13H2,1-2H3,(H,21,22). The summed E-state index contributed by atoms with van der Waals surface area (Å²) in [6, 6.07) is 18.5. The maximum atomic E-state index is 10.9. The van der Waals surface area contributed by atoms with Crippen molar-refractivity contribution in [3.05, 3.63) is 60.2 Å². The molecule has 0 amide bonds. The van der Waals surface area contributed by atoms with Crippen LogP contribution < -0.4 is 0 Å². The summed E-state index contributed by atoms with van der Waals surface area (Å²) in [6.45, 7) is 0. The molecule has 0 aliphatic carbocycles. The first-order valence-electron chi connectivity index (χ1n) is 7.72. The fraction of sp³-hybridized carbons (Fsp3) is 0.263. The molecule has 3 nitrogen and oxygen atoms in total. The molecule has 2 aromatic rings. The Morgan fingerprint density at radius 3 is 2.21 bits per heavy atom. The van der Waals surface area contributed by atoms with E-state index in [0.717, 1.165) is 15.4 Å². The average Bonchev–Trinajstić information content (AvgIpc) is 2.59. The first kappa shape index (κ1) is 18.5. The Hall–Kier alpha value is -1.85. The van der Waals surface area contributed by atoms with E-state index >= 15 is 0 Å². The van der Waals surface area contributed by atoms with Crippen LogP contribution in [0.15, 0.2) is 54.6 Å². The van der Waals surface area contributed by atoms with Crippen molar-refractivity contribution >= 4 is 34.3 Å². The maximum absolute atomic E-state index is 10.9. The Kier molecular flexibility index (Phi) is 6.82. The normalized spacial score (nSPS) is 11.8. The van der Waals surface area contributed by atoms with Gasteiger partial charge in [-0.25, -0.2) is 0 Å². The minimum atomic E-state index is -0.780. The lowest BCUT2D eigenvalue weighted by Crippen LogP contribution is -2.17. The number of carbonyl (C=O) groups is 1. The molecule has 126 valence electrons. The molecule has 5 heteroatoms. The van der Waals surface area contributed by atoms with Gasteiger partial charge in [-0.05, 0) is 23.1 Å². The van der Waals surface area contributed by atoms with Crippen molar-refractivity contribution in [3.63, 3.8) is 0 Å². The predicted molar refractivity (Wildman–Crippen MR) is 105 cm³/mol. The third-order valence-electron chi connectivity index (χ3n) is 3.62. The molecule has 2 aromatic carbocycles. The lowest BCUT2D eigenvalue weighted by Gasteiger charge is -2.20. The van der Waals surface area contributed by atoms with Gasteiger partial charge in [0, 0.05) is 25.8 Å². The molecule has 0 radical (unpaired) electrons. The van der Waals surface area contributed by atoms with Gasteiger partial charge in [-0.1, -0.05) is 78.6 Å². The molecule has 0 saturated carbocycles. The molecule has 1 N–H and O–H groups in total. The van der Waals surface area contributed by atoms with Crippen molar-refractivity contribution in [1.29, 1.82) is 0 Å². The van der Waals surface area contributed by atoms with Crippen LogP contribution in [0.3, 0.4) is 0 Å².